The summed E-state index contributed by atoms with van der Waals surface area (Å²) >= 11 is 0. The highest BCUT2D eigenvalue weighted by atomic mass is 16.5. The predicted octanol–water partition coefficient (Wildman–Crippen LogP) is 2.43. The lowest BCUT2D eigenvalue weighted by Crippen LogP contribution is -2.47. The molecule has 106 valence electrons. The molecule has 3 unspecified atom stereocenters. The molecule has 0 aromatic carbocycles. The summed E-state index contributed by atoms with van der Waals surface area (Å²) in [7, 11) is 0. The van der Waals surface area contributed by atoms with Crippen LogP contribution in [0.2, 0.25) is 0 Å². The first-order valence-corrected chi connectivity index (χ1v) is 7.36. The molecule has 0 radical (unpaired) electrons. The first-order chi connectivity index (χ1) is 8.24. The van der Waals surface area contributed by atoms with Crippen LogP contribution in [-0.2, 0) is 4.74 Å². The number of aliphatic hydroxyl groups excluding tert-OH is 1. The molecule has 2 aliphatic heterocycles. The second-order valence-electron chi connectivity index (χ2n) is 7.20. The minimum Gasteiger partial charge on any atom is -0.390 e. The van der Waals surface area contributed by atoms with E-state index in [1.807, 2.05) is 13.8 Å². The molecule has 3 nitrogen and oxygen atoms in total. The van der Waals surface area contributed by atoms with Gasteiger partial charge in [-0.25, -0.2) is 0 Å². The minimum atomic E-state index is -0.423. The van der Waals surface area contributed by atoms with E-state index in [-0.39, 0.29) is 17.6 Å². The molecule has 1 N–H and O–H groups in total. The molecular formula is C15H29NO2. The van der Waals surface area contributed by atoms with Crippen LogP contribution in [0.5, 0.6) is 0 Å². The quantitative estimate of drug-likeness (QED) is 0.822. The third-order valence-corrected chi connectivity index (χ3v) is 4.88. The number of piperidine rings is 1. The lowest BCUT2D eigenvalue weighted by atomic mass is 9.83. The molecule has 2 rings (SSSR count). The highest BCUT2D eigenvalue weighted by molar-refractivity contribution is 5.02. The molecule has 2 heterocycles. The summed E-state index contributed by atoms with van der Waals surface area (Å²) in [5.41, 5.74) is -0.659. The highest BCUT2D eigenvalue weighted by Crippen LogP contribution is 2.43. The van der Waals surface area contributed by atoms with Crippen molar-refractivity contribution in [2.75, 3.05) is 13.1 Å². The Bertz CT molecular complexity index is 301. The van der Waals surface area contributed by atoms with Crippen molar-refractivity contribution in [3.05, 3.63) is 0 Å². The number of likely N-dealkylation sites (tertiary alicyclic amines) is 1. The van der Waals surface area contributed by atoms with Gasteiger partial charge in [-0.15, -0.1) is 0 Å². The molecule has 2 fully saturated rings. The van der Waals surface area contributed by atoms with Gasteiger partial charge in [-0.2, -0.15) is 0 Å². The fraction of sp³-hybridized carbons (Fsp3) is 1.00. The van der Waals surface area contributed by atoms with Crippen molar-refractivity contribution >= 4 is 0 Å². The van der Waals surface area contributed by atoms with Crippen LogP contribution in [-0.4, -0.2) is 46.4 Å². The van der Waals surface area contributed by atoms with Crippen molar-refractivity contribution in [2.24, 2.45) is 5.92 Å². The van der Waals surface area contributed by atoms with Crippen molar-refractivity contribution in [1.82, 2.24) is 4.90 Å². The van der Waals surface area contributed by atoms with Gasteiger partial charge in [0.25, 0.3) is 0 Å². The van der Waals surface area contributed by atoms with Crippen LogP contribution in [0.15, 0.2) is 0 Å². The number of nitrogens with zero attached hydrogens (tertiary/aromatic N) is 1. The summed E-state index contributed by atoms with van der Waals surface area (Å²) in [6, 6.07) is 0.644. The molecule has 0 spiro atoms. The van der Waals surface area contributed by atoms with Crippen LogP contribution in [0.4, 0.5) is 0 Å². The Hall–Kier alpha value is -0.120. The summed E-state index contributed by atoms with van der Waals surface area (Å²) < 4.78 is 6.06. The normalized spacial score (nSPS) is 40.0. The van der Waals surface area contributed by atoms with E-state index in [2.05, 4.69) is 25.7 Å². The Morgan fingerprint density at radius 3 is 2.33 bits per heavy atom. The summed E-state index contributed by atoms with van der Waals surface area (Å²) in [6.45, 7) is 12.7. The van der Waals surface area contributed by atoms with E-state index in [1.54, 1.807) is 0 Å². The molecular weight excluding hydrogens is 226 g/mol. The first-order valence-electron chi connectivity index (χ1n) is 7.36. The predicted molar refractivity (Wildman–Crippen MR) is 73.6 cm³/mol. The Morgan fingerprint density at radius 1 is 1.17 bits per heavy atom. The van der Waals surface area contributed by atoms with Gasteiger partial charge in [0.2, 0.25) is 0 Å². The van der Waals surface area contributed by atoms with Crippen molar-refractivity contribution in [3.8, 4) is 0 Å². The van der Waals surface area contributed by atoms with Gasteiger partial charge >= 0.3 is 0 Å². The topological polar surface area (TPSA) is 32.7 Å². The second-order valence-corrected chi connectivity index (χ2v) is 7.20. The number of aliphatic hydroxyl groups is 1. The Labute approximate surface area is 112 Å². The monoisotopic (exact) mass is 255 g/mol. The molecule has 0 aromatic rings. The van der Waals surface area contributed by atoms with E-state index in [4.69, 9.17) is 4.74 Å². The molecule has 0 bridgehead atoms. The van der Waals surface area contributed by atoms with Gasteiger partial charge in [0.1, 0.15) is 0 Å². The molecule has 0 aliphatic carbocycles. The van der Waals surface area contributed by atoms with Gasteiger partial charge in [-0.05, 0) is 54.0 Å². The maximum absolute atomic E-state index is 10.5. The Morgan fingerprint density at radius 2 is 1.83 bits per heavy atom. The molecule has 3 atom stereocenters. The van der Waals surface area contributed by atoms with Gasteiger partial charge in [-0.1, -0.05) is 6.42 Å². The number of hydrogen-bond acceptors (Lipinski definition) is 3. The Kier molecular flexibility index (Phi) is 3.79. The van der Waals surface area contributed by atoms with Crippen LogP contribution < -0.4 is 0 Å². The number of ether oxygens (including phenoxy) is 1. The lowest BCUT2D eigenvalue weighted by molar-refractivity contribution is -0.0916. The van der Waals surface area contributed by atoms with Gasteiger partial charge in [0.05, 0.1) is 17.3 Å². The fourth-order valence-electron chi connectivity index (χ4n) is 3.68. The molecule has 2 aliphatic rings. The smallest absolute Gasteiger partial charge is 0.0896 e. The third kappa shape index (κ3) is 2.59. The number of rotatable bonds is 2. The van der Waals surface area contributed by atoms with Crippen LogP contribution in [0, 0.1) is 5.92 Å². The third-order valence-electron chi connectivity index (χ3n) is 4.88. The van der Waals surface area contributed by atoms with Gasteiger partial charge in [-0.3, -0.25) is 0 Å². The average molecular weight is 255 g/mol. The average Bonchev–Trinajstić information content (AvgIpc) is 2.39. The van der Waals surface area contributed by atoms with Gasteiger partial charge in [0, 0.05) is 18.5 Å². The highest BCUT2D eigenvalue weighted by Gasteiger charge is 2.53. The van der Waals surface area contributed by atoms with E-state index >= 15 is 0 Å². The fourth-order valence-corrected chi connectivity index (χ4v) is 3.68. The van der Waals surface area contributed by atoms with E-state index in [0.29, 0.717) is 6.04 Å². The zero-order valence-corrected chi connectivity index (χ0v) is 12.6. The summed E-state index contributed by atoms with van der Waals surface area (Å²) in [4.78, 5) is 2.53. The van der Waals surface area contributed by atoms with Crippen molar-refractivity contribution in [3.63, 3.8) is 0 Å². The van der Waals surface area contributed by atoms with Crippen LogP contribution in [0.1, 0.15) is 53.9 Å². The van der Waals surface area contributed by atoms with Crippen LogP contribution in [0.3, 0.4) is 0 Å². The van der Waals surface area contributed by atoms with Gasteiger partial charge < -0.3 is 14.7 Å². The summed E-state index contributed by atoms with van der Waals surface area (Å²) in [5.74, 6) is 0.202. The standard InChI is InChI=1S/C15H29NO2/c1-11-8-6-7-9-16(11)10-12-13(17)15(4,5)18-14(12,2)3/h11-13,17H,6-10H2,1-5H3. The molecule has 0 aromatic heterocycles. The van der Waals surface area contributed by atoms with Crippen molar-refractivity contribution in [2.45, 2.75) is 77.2 Å². The maximum Gasteiger partial charge on any atom is 0.0896 e. The second kappa shape index (κ2) is 4.77. The van der Waals surface area contributed by atoms with Crippen molar-refractivity contribution in [1.29, 1.82) is 0 Å². The van der Waals surface area contributed by atoms with E-state index in [9.17, 15) is 5.11 Å². The van der Waals surface area contributed by atoms with E-state index < -0.39 is 5.60 Å². The SMILES string of the molecule is CC1CCCCN1CC1C(O)C(C)(C)OC1(C)C. The zero-order chi connectivity index (χ0) is 13.6. The number of hydrogen-bond donors (Lipinski definition) is 1. The molecule has 0 saturated carbocycles. The summed E-state index contributed by atoms with van der Waals surface area (Å²) in [6.07, 6.45) is 3.54. The van der Waals surface area contributed by atoms with Gasteiger partial charge in [0.15, 0.2) is 0 Å². The maximum atomic E-state index is 10.5. The molecule has 3 heteroatoms. The van der Waals surface area contributed by atoms with Crippen LogP contribution >= 0.6 is 0 Å². The minimum absolute atomic E-state index is 0.202. The van der Waals surface area contributed by atoms with E-state index in [0.717, 1.165) is 6.54 Å². The van der Waals surface area contributed by atoms with Crippen LogP contribution in [0.25, 0.3) is 0 Å². The van der Waals surface area contributed by atoms with Crippen molar-refractivity contribution < 1.29 is 9.84 Å². The first kappa shape index (κ1) is 14.3. The lowest BCUT2D eigenvalue weighted by Gasteiger charge is -2.38. The zero-order valence-electron chi connectivity index (χ0n) is 12.6. The largest absolute Gasteiger partial charge is 0.390 e. The molecule has 0 amide bonds. The Balaban J connectivity index is 2.07. The summed E-state index contributed by atoms with van der Waals surface area (Å²) in [5, 5.41) is 10.5. The molecule has 2 saturated heterocycles. The van der Waals surface area contributed by atoms with E-state index in [1.165, 1.54) is 25.8 Å². The molecule has 18 heavy (non-hydrogen) atoms.